The number of rotatable bonds is 16. The summed E-state index contributed by atoms with van der Waals surface area (Å²) in [5.74, 6) is 0.188. The maximum Gasteiger partial charge on any atom is 0.271 e. The summed E-state index contributed by atoms with van der Waals surface area (Å²) in [6, 6.07) is 5.12. The van der Waals surface area contributed by atoms with Crippen molar-refractivity contribution in [3.63, 3.8) is 0 Å². The van der Waals surface area contributed by atoms with E-state index in [0.717, 1.165) is 18.4 Å². The van der Waals surface area contributed by atoms with Gasteiger partial charge in [0.15, 0.2) is 17.3 Å². The molecule has 1 saturated heterocycles. The minimum absolute atomic E-state index is 0.0426. The lowest BCUT2D eigenvalue weighted by molar-refractivity contribution is -0.137. The summed E-state index contributed by atoms with van der Waals surface area (Å²) in [4.78, 5) is 51.1. The van der Waals surface area contributed by atoms with E-state index in [9.17, 15) is 14.4 Å². The number of aryl methyl sites for hydroxylation is 1. The van der Waals surface area contributed by atoms with E-state index >= 15 is 0 Å². The molecule has 3 rings (SSSR count). The molecule has 13 nitrogen and oxygen atoms in total. The summed E-state index contributed by atoms with van der Waals surface area (Å²) in [5.41, 5.74) is 7.91. The van der Waals surface area contributed by atoms with Crippen LogP contribution >= 0.6 is 0 Å². The number of hydrogen-bond acceptors (Lipinski definition) is 10. The molecule has 1 fully saturated rings. The molecule has 1 aliphatic rings. The fourth-order valence-corrected chi connectivity index (χ4v) is 5.24. The Bertz CT molecular complexity index is 1370. The van der Waals surface area contributed by atoms with E-state index in [0.29, 0.717) is 62.1 Å². The standard InChI is InChI=1S/C33H50N8O5/c1-8-26-31(36-23-12-16-46-17-13-23)39-32(28(38-26)30(34)43)37-24-18-22(19-25(20-24)45-7)11-14-35-33(44)29(21(2)3)41(6)27(42)10-9-15-40(4)5/h9-10,18-21,23,29H,8,11-17H2,1-7H3,(H2,34,43)(H,35,44)(H2,36,37,39)/b10-9+/t29-/m0/s1. The van der Waals surface area contributed by atoms with Gasteiger partial charge in [0.05, 0.1) is 12.8 Å². The van der Waals surface area contributed by atoms with Crippen LogP contribution in [0, 0.1) is 5.92 Å². The minimum Gasteiger partial charge on any atom is -0.497 e. The van der Waals surface area contributed by atoms with Gasteiger partial charge in [-0.05, 0) is 63.4 Å². The second-order valence-corrected chi connectivity index (χ2v) is 12.0. The second-order valence-electron chi connectivity index (χ2n) is 12.0. The van der Waals surface area contributed by atoms with Crippen molar-refractivity contribution in [2.75, 3.05) is 65.2 Å². The van der Waals surface area contributed by atoms with E-state index < -0.39 is 11.9 Å². The van der Waals surface area contributed by atoms with E-state index in [2.05, 4.69) is 20.9 Å². The van der Waals surface area contributed by atoms with E-state index in [-0.39, 0.29) is 35.3 Å². The highest BCUT2D eigenvalue weighted by Crippen LogP contribution is 2.27. The summed E-state index contributed by atoms with van der Waals surface area (Å²) >= 11 is 0. The van der Waals surface area contributed by atoms with Crippen LogP contribution in [0.5, 0.6) is 5.75 Å². The highest BCUT2D eigenvalue weighted by molar-refractivity contribution is 5.96. The Morgan fingerprint density at radius 1 is 1.11 bits per heavy atom. The predicted octanol–water partition coefficient (Wildman–Crippen LogP) is 2.74. The van der Waals surface area contributed by atoms with Crippen LogP contribution < -0.4 is 26.4 Å². The average Bonchev–Trinajstić information content (AvgIpc) is 3.01. The van der Waals surface area contributed by atoms with E-state index in [4.69, 9.17) is 20.2 Å². The van der Waals surface area contributed by atoms with Crippen molar-refractivity contribution in [2.45, 2.75) is 58.5 Å². The van der Waals surface area contributed by atoms with Gasteiger partial charge in [0.2, 0.25) is 11.8 Å². The van der Waals surface area contributed by atoms with Crippen molar-refractivity contribution in [3.05, 3.63) is 47.3 Å². The molecule has 13 heteroatoms. The third kappa shape index (κ3) is 10.4. The summed E-state index contributed by atoms with van der Waals surface area (Å²) in [5, 5.41) is 9.68. The molecule has 0 saturated carbocycles. The van der Waals surface area contributed by atoms with Crippen molar-refractivity contribution in [3.8, 4) is 5.75 Å². The molecule has 1 aromatic heterocycles. The summed E-state index contributed by atoms with van der Waals surface area (Å²) < 4.78 is 11.0. The smallest absolute Gasteiger partial charge is 0.271 e. The number of nitrogens with two attached hydrogens (primary N) is 1. The largest absolute Gasteiger partial charge is 0.497 e. The normalized spacial score (nSPS) is 14.4. The van der Waals surface area contributed by atoms with E-state index in [1.807, 2.05) is 51.9 Å². The van der Waals surface area contributed by atoms with Crippen LogP contribution in [0.4, 0.5) is 17.3 Å². The van der Waals surface area contributed by atoms with Crippen LogP contribution in [-0.4, -0.2) is 104 Å². The van der Waals surface area contributed by atoms with Crippen LogP contribution in [0.1, 0.15) is 55.4 Å². The maximum atomic E-state index is 13.2. The highest BCUT2D eigenvalue weighted by Gasteiger charge is 2.28. The van der Waals surface area contributed by atoms with Gasteiger partial charge in [-0.3, -0.25) is 14.4 Å². The lowest BCUT2D eigenvalue weighted by atomic mass is 10.0. The van der Waals surface area contributed by atoms with Crippen molar-refractivity contribution in [2.24, 2.45) is 11.7 Å². The Hall–Kier alpha value is -4.23. The van der Waals surface area contributed by atoms with Gasteiger partial charge < -0.3 is 41.0 Å². The summed E-state index contributed by atoms with van der Waals surface area (Å²) in [6.07, 6.45) is 6.04. The lowest BCUT2D eigenvalue weighted by Crippen LogP contribution is -2.50. The fraction of sp³-hybridized carbons (Fsp3) is 0.545. The lowest BCUT2D eigenvalue weighted by Gasteiger charge is -2.29. The molecule has 1 atom stereocenters. The molecule has 2 aromatic rings. The number of nitrogens with one attached hydrogen (secondary N) is 3. The zero-order valence-corrected chi connectivity index (χ0v) is 28.2. The van der Waals surface area contributed by atoms with Crippen LogP contribution in [0.3, 0.4) is 0 Å². The van der Waals surface area contributed by atoms with Crippen molar-refractivity contribution in [1.82, 2.24) is 25.1 Å². The molecule has 46 heavy (non-hydrogen) atoms. The quantitative estimate of drug-likeness (QED) is 0.201. The Kier molecular flexibility index (Phi) is 13.8. The van der Waals surface area contributed by atoms with Crippen molar-refractivity contribution >= 4 is 35.0 Å². The molecule has 0 unspecified atom stereocenters. The van der Waals surface area contributed by atoms with Gasteiger partial charge in [-0.2, -0.15) is 0 Å². The van der Waals surface area contributed by atoms with Gasteiger partial charge in [-0.25, -0.2) is 9.97 Å². The molecule has 252 valence electrons. The number of aromatic nitrogens is 2. The Labute approximate surface area is 272 Å². The fourth-order valence-electron chi connectivity index (χ4n) is 5.24. The number of anilines is 3. The van der Waals surface area contributed by atoms with Crippen molar-refractivity contribution < 1.29 is 23.9 Å². The minimum atomic E-state index is -0.690. The third-order valence-electron chi connectivity index (χ3n) is 7.67. The number of carbonyl (C=O) groups excluding carboxylic acids is 3. The van der Waals surface area contributed by atoms with Crippen LogP contribution in [0.2, 0.25) is 0 Å². The number of benzene rings is 1. The molecule has 1 aliphatic heterocycles. The Morgan fingerprint density at radius 3 is 2.43 bits per heavy atom. The van der Waals surface area contributed by atoms with Gasteiger partial charge in [0, 0.05) is 57.2 Å². The first kappa shape index (κ1) is 36.2. The van der Waals surface area contributed by atoms with Gasteiger partial charge in [0.25, 0.3) is 5.91 Å². The monoisotopic (exact) mass is 638 g/mol. The van der Waals surface area contributed by atoms with Gasteiger partial charge in [0.1, 0.15) is 11.8 Å². The maximum absolute atomic E-state index is 13.2. The van der Waals surface area contributed by atoms with Crippen molar-refractivity contribution in [1.29, 1.82) is 0 Å². The third-order valence-corrected chi connectivity index (χ3v) is 7.67. The first-order chi connectivity index (χ1) is 21.9. The molecule has 0 bridgehead atoms. The molecule has 0 spiro atoms. The summed E-state index contributed by atoms with van der Waals surface area (Å²) in [7, 11) is 7.05. The van der Waals surface area contributed by atoms with Gasteiger partial charge in [-0.1, -0.05) is 26.8 Å². The van der Waals surface area contributed by atoms with Crippen LogP contribution in [-0.2, 0) is 27.2 Å². The first-order valence-electron chi connectivity index (χ1n) is 15.8. The Balaban J connectivity index is 1.76. The zero-order chi connectivity index (χ0) is 33.8. The Morgan fingerprint density at radius 2 is 1.83 bits per heavy atom. The summed E-state index contributed by atoms with van der Waals surface area (Å²) in [6.45, 7) is 8.09. The molecule has 5 N–H and O–H groups in total. The molecule has 0 aliphatic carbocycles. The number of likely N-dealkylation sites (N-methyl/N-ethyl adjacent to an activating group) is 2. The molecular formula is C33H50N8O5. The molecule has 0 radical (unpaired) electrons. The second kappa shape index (κ2) is 17.5. The predicted molar refractivity (Wildman–Crippen MR) is 179 cm³/mol. The highest BCUT2D eigenvalue weighted by atomic mass is 16.5. The topological polar surface area (TPSA) is 164 Å². The van der Waals surface area contributed by atoms with E-state index in [1.54, 1.807) is 26.3 Å². The number of primary amides is 1. The first-order valence-corrected chi connectivity index (χ1v) is 15.8. The molecule has 1 aromatic carbocycles. The average molecular weight is 639 g/mol. The molecule has 3 amide bonds. The SMILES string of the molecule is CCc1nc(C(N)=O)c(Nc2cc(CCNC(=O)[C@H](C(C)C)N(C)C(=O)/C=C/CN(C)C)cc(OC)c2)nc1NC1CCOCC1. The molecular weight excluding hydrogens is 588 g/mol. The van der Waals surface area contributed by atoms with Crippen LogP contribution in [0.15, 0.2) is 30.4 Å². The number of nitrogens with zero attached hydrogens (tertiary/aromatic N) is 4. The number of carbonyl (C=O) groups is 3. The number of amides is 3. The molecule has 2 heterocycles. The van der Waals surface area contributed by atoms with Crippen LogP contribution in [0.25, 0.3) is 0 Å². The van der Waals surface area contributed by atoms with E-state index in [1.165, 1.54) is 11.0 Å². The van der Waals surface area contributed by atoms with Gasteiger partial charge >= 0.3 is 0 Å². The number of ether oxygens (including phenoxy) is 2. The number of hydrogen-bond donors (Lipinski definition) is 4. The zero-order valence-electron chi connectivity index (χ0n) is 28.2. The number of methoxy groups -OCH3 is 1. The van der Waals surface area contributed by atoms with Gasteiger partial charge in [-0.15, -0.1) is 0 Å².